The van der Waals surface area contributed by atoms with Crippen LogP contribution in [-0.2, 0) is 22.6 Å². The second kappa shape index (κ2) is 6.09. The fraction of sp³-hybridized carbons (Fsp3) is 0.818. The summed E-state index contributed by atoms with van der Waals surface area (Å²) in [6, 6.07) is 0. The molecule has 1 aliphatic rings. The van der Waals surface area contributed by atoms with E-state index in [1.165, 1.54) is 0 Å². The van der Waals surface area contributed by atoms with Gasteiger partial charge in [0.1, 0.15) is 0 Å². The van der Waals surface area contributed by atoms with Crippen LogP contribution in [0.2, 0.25) is 0 Å². The number of nitrogens with one attached hydrogen (secondary N) is 1. The molecule has 0 spiro atoms. The van der Waals surface area contributed by atoms with Gasteiger partial charge in [-0.2, -0.15) is 0 Å². The maximum absolute atomic E-state index is 5.77. The van der Waals surface area contributed by atoms with E-state index in [1.54, 1.807) is 7.11 Å². The largest absolute Gasteiger partial charge is 0.381 e. The first-order valence-electron chi connectivity index (χ1n) is 6.03. The number of methoxy groups -OCH3 is 1. The summed E-state index contributed by atoms with van der Waals surface area (Å²) in [6.07, 6.45) is 4.92. The van der Waals surface area contributed by atoms with Crippen LogP contribution in [-0.4, -0.2) is 24.5 Å². The van der Waals surface area contributed by atoms with Gasteiger partial charge in [0, 0.05) is 7.11 Å². The molecule has 17 heavy (non-hydrogen) atoms. The number of nitrogens with two attached hydrogens (primary N) is 1. The fourth-order valence-electron chi connectivity index (χ4n) is 2.10. The molecule has 0 amide bonds. The molecule has 0 unspecified atom stereocenters. The minimum Gasteiger partial charge on any atom is -0.381 e. The molecule has 0 aliphatic heterocycles. The van der Waals surface area contributed by atoms with Crippen LogP contribution in [0.4, 0.5) is 0 Å². The maximum Gasteiger partial charge on any atom is 0.372 e. The smallest absolute Gasteiger partial charge is 0.372 e. The van der Waals surface area contributed by atoms with Gasteiger partial charge < -0.3 is 15.2 Å². The van der Waals surface area contributed by atoms with Gasteiger partial charge in [-0.1, -0.05) is 0 Å². The maximum atomic E-state index is 5.77. The van der Waals surface area contributed by atoms with Crippen LogP contribution >= 0.6 is 0 Å². The number of rotatable bonds is 5. The van der Waals surface area contributed by atoms with Crippen molar-refractivity contribution in [3.8, 4) is 0 Å². The summed E-state index contributed by atoms with van der Waals surface area (Å²) in [5.74, 6) is 1.27. The molecular formula is C11H20N3O3+. The molecule has 0 bridgehead atoms. The number of aromatic amines is 1. The van der Waals surface area contributed by atoms with Crippen LogP contribution < -0.4 is 10.7 Å². The molecule has 1 aromatic rings. The Hall–Kier alpha value is -0.980. The summed E-state index contributed by atoms with van der Waals surface area (Å²) >= 11 is 0. The Morgan fingerprint density at radius 2 is 2.06 bits per heavy atom. The van der Waals surface area contributed by atoms with Crippen molar-refractivity contribution in [3.63, 3.8) is 0 Å². The summed E-state index contributed by atoms with van der Waals surface area (Å²) in [5.41, 5.74) is 5.41. The van der Waals surface area contributed by atoms with E-state index in [0.717, 1.165) is 25.7 Å². The van der Waals surface area contributed by atoms with Gasteiger partial charge >= 0.3 is 11.7 Å². The molecule has 6 nitrogen and oxygen atoms in total. The van der Waals surface area contributed by atoms with Gasteiger partial charge in [-0.3, -0.25) is 0 Å². The molecule has 1 aliphatic carbocycles. The van der Waals surface area contributed by atoms with E-state index in [9.17, 15) is 0 Å². The molecule has 3 N–H and O–H groups in total. The number of ether oxygens (including phenoxy) is 2. The third-order valence-electron chi connectivity index (χ3n) is 3.15. The second-order valence-electron chi connectivity index (χ2n) is 4.33. The predicted octanol–water partition coefficient (Wildman–Crippen LogP) is 0.422. The van der Waals surface area contributed by atoms with Crippen LogP contribution in [0, 0.1) is 0 Å². The van der Waals surface area contributed by atoms with Crippen molar-refractivity contribution < 1.29 is 19.0 Å². The Balaban J connectivity index is 1.72. The predicted molar refractivity (Wildman–Crippen MR) is 58.8 cm³/mol. The zero-order valence-corrected chi connectivity index (χ0v) is 10.1. The Morgan fingerprint density at radius 1 is 1.35 bits per heavy atom. The van der Waals surface area contributed by atoms with Crippen molar-refractivity contribution >= 4 is 0 Å². The van der Waals surface area contributed by atoms with Crippen molar-refractivity contribution in [2.45, 2.75) is 51.0 Å². The van der Waals surface area contributed by atoms with Gasteiger partial charge in [0.15, 0.2) is 11.8 Å². The molecule has 1 fully saturated rings. The molecule has 1 heterocycles. The number of aromatic nitrogens is 2. The third-order valence-corrected chi connectivity index (χ3v) is 3.15. The molecule has 96 valence electrons. The summed E-state index contributed by atoms with van der Waals surface area (Å²) in [7, 11) is 1.77. The monoisotopic (exact) mass is 242 g/mol. The normalized spacial score (nSPS) is 25.1. The molecule has 0 aromatic carbocycles. The highest BCUT2D eigenvalue weighted by molar-refractivity contribution is 4.74. The fourth-order valence-corrected chi connectivity index (χ4v) is 2.10. The lowest BCUT2D eigenvalue weighted by Crippen LogP contribution is -2.26. The first-order chi connectivity index (χ1) is 8.31. The van der Waals surface area contributed by atoms with E-state index in [4.69, 9.17) is 19.7 Å². The second-order valence-corrected chi connectivity index (χ2v) is 4.33. The van der Waals surface area contributed by atoms with Gasteiger partial charge in [0.05, 0.1) is 18.8 Å². The van der Waals surface area contributed by atoms with Crippen molar-refractivity contribution in [1.29, 1.82) is 0 Å². The molecule has 2 rings (SSSR count). The highest BCUT2D eigenvalue weighted by Crippen LogP contribution is 2.23. The van der Waals surface area contributed by atoms with E-state index in [-0.39, 0.29) is 0 Å². The lowest BCUT2D eigenvalue weighted by atomic mass is 9.95. The summed E-state index contributed by atoms with van der Waals surface area (Å²) in [4.78, 5) is 2.97. The van der Waals surface area contributed by atoms with Gasteiger partial charge in [-0.05, 0) is 25.7 Å². The number of H-pyrrole nitrogens is 1. The average Bonchev–Trinajstić information content (AvgIpc) is 2.85. The van der Waals surface area contributed by atoms with E-state index in [2.05, 4.69) is 10.1 Å². The van der Waals surface area contributed by atoms with E-state index in [0.29, 0.717) is 37.1 Å². The minimum atomic E-state index is 0.299. The van der Waals surface area contributed by atoms with Crippen molar-refractivity contribution in [3.05, 3.63) is 11.7 Å². The van der Waals surface area contributed by atoms with E-state index >= 15 is 0 Å². The van der Waals surface area contributed by atoms with Crippen LogP contribution in [0.5, 0.6) is 0 Å². The van der Waals surface area contributed by atoms with E-state index in [1.807, 2.05) is 0 Å². The number of hydrogen-bond acceptors (Lipinski definition) is 5. The van der Waals surface area contributed by atoms with Gasteiger partial charge in [-0.15, -0.1) is 0 Å². The zero-order valence-electron chi connectivity index (χ0n) is 10.1. The SMILES string of the molecule is COC1CCC(OCc2noc(CN)[nH+]2)CC1. The van der Waals surface area contributed by atoms with Gasteiger partial charge in [0.2, 0.25) is 0 Å². The highest BCUT2D eigenvalue weighted by Gasteiger charge is 2.23. The quantitative estimate of drug-likeness (QED) is 0.809. The summed E-state index contributed by atoms with van der Waals surface area (Å²) in [5, 5.41) is 3.84. The first kappa shape index (κ1) is 12.5. The molecule has 0 saturated heterocycles. The Labute approximate surface area is 100 Å². The minimum absolute atomic E-state index is 0.299. The van der Waals surface area contributed by atoms with Crippen molar-refractivity contribution in [1.82, 2.24) is 5.16 Å². The lowest BCUT2D eigenvalue weighted by molar-refractivity contribution is -0.414. The molecule has 6 heteroatoms. The molecular weight excluding hydrogens is 222 g/mol. The molecule has 0 atom stereocenters. The Bertz CT molecular complexity index is 334. The Kier molecular flexibility index (Phi) is 4.47. The van der Waals surface area contributed by atoms with Crippen LogP contribution in [0.15, 0.2) is 4.52 Å². The number of nitrogens with zero attached hydrogens (tertiary/aromatic N) is 1. The van der Waals surface area contributed by atoms with Gasteiger partial charge in [0.25, 0.3) is 0 Å². The van der Waals surface area contributed by atoms with Crippen LogP contribution in [0.3, 0.4) is 0 Å². The van der Waals surface area contributed by atoms with Crippen LogP contribution in [0.25, 0.3) is 0 Å². The molecule has 1 aromatic heterocycles. The summed E-state index contributed by atoms with van der Waals surface area (Å²) < 4.78 is 16.0. The van der Waals surface area contributed by atoms with Gasteiger partial charge in [-0.25, -0.2) is 9.51 Å². The topological polar surface area (TPSA) is 84.7 Å². The standard InChI is InChI=1S/C11H19N3O3/c1-15-8-2-4-9(5-3-8)16-7-10-13-11(6-12)17-14-10/h8-9H,2-7,12H2,1H3/p+1. The zero-order chi connectivity index (χ0) is 12.1. The van der Waals surface area contributed by atoms with Crippen LogP contribution in [0.1, 0.15) is 37.4 Å². The first-order valence-corrected chi connectivity index (χ1v) is 6.03. The number of hydrogen-bond donors (Lipinski definition) is 1. The average molecular weight is 242 g/mol. The molecule has 1 saturated carbocycles. The Morgan fingerprint density at radius 3 is 2.65 bits per heavy atom. The molecule has 0 radical (unpaired) electrons. The van der Waals surface area contributed by atoms with Crippen molar-refractivity contribution in [2.24, 2.45) is 5.73 Å². The van der Waals surface area contributed by atoms with Crippen molar-refractivity contribution in [2.75, 3.05) is 7.11 Å². The summed E-state index contributed by atoms with van der Waals surface area (Å²) in [6.45, 7) is 0.776. The third kappa shape index (κ3) is 3.49. The highest BCUT2D eigenvalue weighted by atomic mass is 16.5. The van der Waals surface area contributed by atoms with E-state index < -0.39 is 0 Å². The lowest BCUT2D eigenvalue weighted by Gasteiger charge is -2.26.